The average molecular weight is 537 g/mol. The Morgan fingerprint density at radius 2 is 1.51 bits per heavy atom. The van der Waals surface area contributed by atoms with Gasteiger partial charge in [0.05, 0.1) is 11.1 Å². The van der Waals surface area contributed by atoms with Crippen molar-refractivity contribution in [2.45, 2.75) is 114 Å². The summed E-state index contributed by atoms with van der Waals surface area (Å²) in [6.07, 6.45) is 9.52. The fraction of sp³-hybridized carbons (Fsp3) is 0.613. The summed E-state index contributed by atoms with van der Waals surface area (Å²) in [7, 11) is -0.556. The predicted octanol–water partition coefficient (Wildman–Crippen LogP) is 10.5. The number of hydrogen-bond acceptors (Lipinski definition) is 0. The standard InChI is InChI=1S/C31H41F5Si/c1-2-3-7-18-37-19-13-23(14-20-37)12-17-30(15-5-4-6-16-30)26-21-27(32)29(28(33)22-26)24-8-10-25(11-9-24)31(34,35)36/h8-11,21-23,37H,2-7,12-20H2,1H3. The number of halogens is 5. The first-order chi connectivity index (χ1) is 17.7. The van der Waals surface area contributed by atoms with Crippen molar-refractivity contribution in [3.05, 3.63) is 59.2 Å². The first-order valence-electron chi connectivity index (χ1n) is 14.4. The molecule has 0 radical (unpaired) electrons. The lowest BCUT2D eigenvalue weighted by Crippen LogP contribution is -2.31. The summed E-state index contributed by atoms with van der Waals surface area (Å²) in [4.78, 5) is 0. The molecule has 2 fully saturated rings. The number of benzene rings is 2. The molecule has 1 heterocycles. The zero-order valence-electron chi connectivity index (χ0n) is 22.1. The van der Waals surface area contributed by atoms with E-state index in [2.05, 4.69) is 6.92 Å². The van der Waals surface area contributed by atoms with Crippen LogP contribution in [0.1, 0.15) is 95.1 Å². The minimum atomic E-state index is -4.48. The molecule has 204 valence electrons. The summed E-state index contributed by atoms with van der Waals surface area (Å²) in [5, 5.41) is 0. The fourth-order valence-electron chi connectivity index (χ4n) is 6.86. The highest BCUT2D eigenvalue weighted by molar-refractivity contribution is 6.58. The highest BCUT2D eigenvalue weighted by Gasteiger charge is 2.36. The first-order valence-corrected chi connectivity index (χ1v) is 16.8. The molecule has 0 nitrogen and oxygen atoms in total. The molecular formula is C31H41F5Si. The minimum absolute atomic E-state index is 0.132. The van der Waals surface area contributed by atoms with Crippen LogP contribution in [0.5, 0.6) is 0 Å². The molecule has 0 aromatic heterocycles. The van der Waals surface area contributed by atoms with E-state index in [0.717, 1.165) is 80.7 Å². The molecular weight excluding hydrogens is 495 g/mol. The lowest BCUT2D eigenvalue weighted by Gasteiger charge is -2.40. The molecule has 1 aliphatic heterocycles. The third-order valence-corrected chi connectivity index (χ3v) is 12.7. The molecule has 0 bridgehead atoms. The van der Waals surface area contributed by atoms with Crippen LogP contribution in [0, 0.1) is 17.6 Å². The molecule has 6 heteroatoms. The molecule has 2 aromatic carbocycles. The van der Waals surface area contributed by atoms with E-state index in [1.54, 1.807) is 0 Å². The topological polar surface area (TPSA) is 0 Å². The number of hydrogen-bond donors (Lipinski definition) is 0. The van der Waals surface area contributed by atoms with Crippen molar-refractivity contribution in [3.63, 3.8) is 0 Å². The second-order valence-electron chi connectivity index (χ2n) is 11.7. The van der Waals surface area contributed by atoms with Gasteiger partial charge in [0, 0.05) is 8.80 Å². The third kappa shape index (κ3) is 7.04. The van der Waals surface area contributed by atoms with Crippen molar-refractivity contribution in [2.75, 3.05) is 0 Å². The van der Waals surface area contributed by atoms with Crippen molar-refractivity contribution >= 4 is 8.80 Å². The van der Waals surface area contributed by atoms with Gasteiger partial charge >= 0.3 is 6.18 Å². The van der Waals surface area contributed by atoms with Gasteiger partial charge in [0.25, 0.3) is 0 Å². The van der Waals surface area contributed by atoms with Gasteiger partial charge in [-0.2, -0.15) is 13.2 Å². The van der Waals surface area contributed by atoms with Crippen LogP contribution in [0.15, 0.2) is 36.4 Å². The molecule has 0 spiro atoms. The van der Waals surface area contributed by atoms with Crippen LogP contribution >= 0.6 is 0 Å². The smallest absolute Gasteiger partial charge is 0.206 e. The summed E-state index contributed by atoms with van der Waals surface area (Å²) in [6.45, 7) is 2.26. The maximum atomic E-state index is 15.4. The van der Waals surface area contributed by atoms with E-state index in [-0.39, 0.29) is 16.5 Å². The van der Waals surface area contributed by atoms with Gasteiger partial charge in [-0.05, 0) is 72.4 Å². The fourth-order valence-corrected chi connectivity index (χ4v) is 10.5. The van der Waals surface area contributed by atoms with Gasteiger partial charge in [0.1, 0.15) is 11.6 Å². The van der Waals surface area contributed by atoms with Gasteiger partial charge in [-0.15, -0.1) is 0 Å². The van der Waals surface area contributed by atoms with E-state index in [4.69, 9.17) is 0 Å². The Kier molecular flexibility index (Phi) is 9.52. The maximum Gasteiger partial charge on any atom is 0.416 e. The van der Waals surface area contributed by atoms with E-state index < -0.39 is 32.2 Å². The molecule has 1 saturated carbocycles. The zero-order chi connectivity index (χ0) is 26.5. The summed E-state index contributed by atoms with van der Waals surface area (Å²) in [5.74, 6) is -0.633. The van der Waals surface area contributed by atoms with E-state index in [1.807, 2.05) is 0 Å². The van der Waals surface area contributed by atoms with Crippen molar-refractivity contribution < 1.29 is 22.0 Å². The number of rotatable bonds is 9. The van der Waals surface area contributed by atoms with Crippen LogP contribution < -0.4 is 0 Å². The van der Waals surface area contributed by atoms with Crippen molar-refractivity contribution in [1.82, 2.24) is 0 Å². The Labute approximate surface area is 220 Å². The lowest BCUT2D eigenvalue weighted by atomic mass is 9.65. The molecule has 2 aliphatic rings. The van der Waals surface area contributed by atoms with Gasteiger partial charge in [-0.3, -0.25) is 0 Å². The van der Waals surface area contributed by atoms with Gasteiger partial charge in [-0.1, -0.05) is 88.6 Å². The highest BCUT2D eigenvalue weighted by atomic mass is 28.3. The van der Waals surface area contributed by atoms with Crippen molar-refractivity contribution in [2.24, 2.45) is 5.92 Å². The minimum Gasteiger partial charge on any atom is -0.206 e. The Bertz CT molecular complexity index is 976. The van der Waals surface area contributed by atoms with Crippen molar-refractivity contribution in [3.8, 4) is 11.1 Å². The van der Waals surface area contributed by atoms with Crippen LogP contribution in [0.25, 0.3) is 11.1 Å². The van der Waals surface area contributed by atoms with Crippen LogP contribution in [0.4, 0.5) is 22.0 Å². The summed E-state index contributed by atoms with van der Waals surface area (Å²) < 4.78 is 69.5. The summed E-state index contributed by atoms with van der Waals surface area (Å²) in [5.41, 5.74) is -0.400. The van der Waals surface area contributed by atoms with Gasteiger partial charge in [0.2, 0.25) is 0 Å². The quantitative estimate of drug-likeness (QED) is 0.170. The lowest BCUT2D eigenvalue weighted by molar-refractivity contribution is -0.137. The predicted molar refractivity (Wildman–Crippen MR) is 145 cm³/mol. The second-order valence-corrected chi connectivity index (χ2v) is 15.1. The van der Waals surface area contributed by atoms with Gasteiger partial charge in [0.15, 0.2) is 0 Å². The Morgan fingerprint density at radius 1 is 0.892 bits per heavy atom. The largest absolute Gasteiger partial charge is 0.416 e. The average Bonchev–Trinajstić information content (AvgIpc) is 2.88. The second kappa shape index (κ2) is 12.4. The van der Waals surface area contributed by atoms with Gasteiger partial charge < -0.3 is 0 Å². The summed E-state index contributed by atoms with van der Waals surface area (Å²) >= 11 is 0. The molecule has 0 amide bonds. The maximum absolute atomic E-state index is 15.4. The van der Waals surface area contributed by atoms with Crippen LogP contribution in [-0.2, 0) is 11.6 Å². The van der Waals surface area contributed by atoms with E-state index in [1.165, 1.54) is 62.4 Å². The van der Waals surface area contributed by atoms with E-state index in [0.29, 0.717) is 0 Å². The number of unbranched alkanes of at least 4 members (excludes halogenated alkanes) is 2. The molecule has 37 heavy (non-hydrogen) atoms. The highest BCUT2D eigenvalue weighted by Crippen LogP contribution is 2.46. The monoisotopic (exact) mass is 536 g/mol. The van der Waals surface area contributed by atoms with E-state index >= 15 is 8.78 Å². The Balaban J connectivity index is 1.47. The molecule has 1 aliphatic carbocycles. The molecule has 0 atom stereocenters. The SMILES string of the molecule is CCCCC[SiH]1CCC(CCC2(c3cc(F)c(-c4ccc(C(F)(F)F)cc4)c(F)c3)CCCCC2)CC1. The normalized spacial score (nSPS) is 22.2. The molecule has 4 rings (SSSR count). The van der Waals surface area contributed by atoms with Crippen LogP contribution in [0.2, 0.25) is 18.1 Å². The molecule has 0 unspecified atom stereocenters. The van der Waals surface area contributed by atoms with Gasteiger partial charge in [-0.25, -0.2) is 8.78 Å². The Hall–Kier alpha value is -1.69. The van der Waals surface area contributed by atoms with Crippen LogP contribution in [0.3, 0.4) is 0 Å². The number of alkyl halides is 3. The molecule has 1 saturated heterocycles. The zero-order valence-corrected chi connectivity index (χ0v) is 23.3. The molecule has 2 aromatic rings. The van der Waals surface area contributed by atoms with Crippen molar-refractivity contribution in [1.29, 1.82) is 0 Å². The van der Waals surface area contributed by atoms with E-state index in [9.17, 15) is 13.2 Å². The first kappa shape index (κ1) is 28.3. The van der Waals surface area contributed by atoms with Crippen LogP contribution in [-0.4, -0.2) is 8.80 Å². The molecule has 0 N–H and O–H groups in total. The summed E-state index contributed by atoms with van der Waals surface area (Å²) in [6, 6.07) is 11.4. The third-order valence-electron chi connectivity index (χ3n) is 9.18. The Morgan fingerprint density at radius 3 is 2.08 bits per heavy atom.